The van der Waals surface area contributed by atoms with Crippen LogP contribution in [0.1, 0.15) is 32.6 Å². The molecule has 2 fully saturated rings. The summed E-state index contributed by atoms with van der Waals surface area (Å²) in [6.07, 6.45) is 4.55. The second kappa shape index (κ2) is 3.85. The number of fused-ring (bicyclic) bond motifs is 1. The third-order valence-electron chi connectivity index (χ3n) is 3.83. The van der Waals surface area contributed by atoms with Gasteiger partial charge in [0.25, 0.3) is 0 Å². The lowest BCUT2D eigenvalue weighted by Crippen LogP contribution is -2.56. The highest BCUT2D eigenvalue weighted by atomic mass is 16.6. The van der Waals surface area contributed by atoms with Crippen molar-refractivity contribution in [2.45, 2.75) is 44.7 Å². The van der Waals surface area contributed by atoms with Crippen molar-refractivity contribution in [3.8, 4) is 0 Å². The van der Waals surface area contributed by atoms with E-state index >= 15 is 0 Å². The fourth-order valence-corrected chi connectivity index (χ4v) is 3.04. The van der Waals surface area contributed by atoms with Crippen LogP contribution in [0.5, 0.6) is 0 Å². The number of rotatable bonds is 1. The molecule has 1 heterocycles. The molecule has 80 valence electrons. The highest BCUT2D eigenvalue weighted by molar-refractivity contribution is 4.93. The Morgan fingerprint density at radius 1 is 1.36 bits per heavy atom. The molecule has 1 aliphatic carbocycles. The highest BCUT2D eigenvalue weighted by Crippen LogP contribution is 2.35. The zero-order valence-corrected chi connectivity index (χ0v) is 8.61. The quantitative estimate of drug-likeness (QED) is 0.512. The zero-order chi connectivity index (χ0) is 10.1. The van der Waals surface area contributed by atoms with Gasteiger partial charge in [0.15, 0.2) is 0 Å². The number of piperidine rings is 1. The van der Waals surface area contributed by atoms with Crippen LogP contribution < -0.4 is 5.32 Å². The fraction of sp³-hybridized carbons (Fsp3) is 1.00. The Balaban J connectivity index is 2.13. The van der Waals surface area contributed by atoms with Gasteiger partial charge in [-0.2, -0.15) is 0 Å². The minimum absolute atomic E-state index is 0.0696. The van der Waals surface area contributed by atoms with Crippen LogP contribution in [0.15, 0.2) is 0 Å². The molecule has 4 nitrogen and oxygen atoms in total. The molecule has 0 aromatic heterocycles. The third kappa shape index (κ3) is 1.63. The monoisotopic (exact) mass is 198 g/mol. The molecule has 4 heteroatoms. The van der Waals surface area contributed by atoms with Gasteiger partial charge >= 0.3 is 0 Å². The van der Waals surface area contributed by atoms with E-state index in [9.17, 15) is 10.1 Å². The van der Waals surface area contributed by atoms with Crippen molar-refractivity contribution in [1.82, 2.24) is 5.32 Å². The van der Waals surface area contributed by atoms with Gasteiger partial charge in [0, 0.05) is 10.8 Å². The summed E-state index contributed by atoms with van der Waals surface area (Å²) in [6.45, 7) is 2.97. The van der Waals surface area contributed by atoms with Gasteiger partial charge < -0.3 is 5.32 Å². The SMILES string of the molecule is CC1CCC2CCCNC2C1[N+](=O)[O-]. The summed E-state index contributed by atoms with van der Waals surface area (Å²) < 4.78 is 0. The van der Waals surface area contributed by atoms with Crippen LogP contribution in [-0.4, -0.2) is 23.6 Å². The number of hydrogen-bond donors (Lipinski definition) is 1. The molecule has 4 atom stereocenters. The summed E-state index contributed by atoms with van der Waals surface area (Å²) >= 11 is 0. The van der Waals surface area contributed by atoms with E-state index in [0.29, 0.717) is 5.92 Å². The Kier molecular flexibility index (Phi) is 2.72. The summed E-state index contributed by atoms with van der Waals surface area (Å²) in [7, 11) is 0. The molecule has 0 bridgehead atoms. The van der Waals surface area contributed by atoms with Crippen molar-refractivity contribution in [2.24, 2.45) is 11.8 Å². The molecule has 0 aromatic rings. The van der Waals surface area contributed by atoms with Gasteiger partial charge in [-0.1, -0.05) is 6.92 Å². The Labute approximate surface area is 84.2 Å². The highest BCUT2D eigenvalue weighted by Gasteiger charge is 2.45. The molecule has 1 N–H and O–H groups in total. The van der Waals surface area contributed by atoms with Crippen LogP contribution >= 0.6 is 0 Å². The van der Waals surface area contributed by atoms with Crippen molar-refractivity contribution in [3.05, 3.63) is 10.1 Å². The normalized spacial score (nSPS) is 42.9. The standard InChI is InChI=1S/C10H18N2O2/c1-7-4-5-8-3-2-6-11-9(8)10(7)12(13)14/h7-11H,2-6H2,1H3. The molecule has 0 amide bonds. The summed E-state index contributed by atoms with van der Waals surface area (Å²) in [4.78, 5) is 10.9. The number of hydrogen-bond acceptors (Lipinski definition) is 3. The molecule has 1 saturated carbocycles. The van der Waals surface area contributed by atoms with Gasteiger partial charge in [-0.3, -0.25) is 10.1 Å². The zero-order valence-electron chi connectivity index (χ0n) is 8.61. The molecule has 2 aliphatic rings. The molecule has 0 spiro atoms. The lowest BCUT2D eigenvalue weighted by Gasteiger charge is -2.40. The largest absolute Gasteiger partial charge is 0.308 e. The van der Waals surface area contributed by atoms with Crippen LogP contribution in [0.25, 0.3) is 0 Å². The van der Waals surface area contributed by atoms with Crippen molar-refractivity contribution >= 4 is 0 Å². The second-order valence-electron chi connectivity index (χ2n) is 4.71. The minimum atomic E-state index is -0.353. The molecular weight excluding hydrogens is 180 g/mol. The number of nitrogens with zero attached hydrogens (tertiary/aromatic N) is 1. The molecule has 2 rings (SSSR count). The van der Waals surface area contributed by atoms with Crippen molar-refractivity contribution in [1.29, 1.82) is 0 Å². The van der Waals surface area contributed by atoms with Crippen molar-refractivity contribution in [2.75, 3.05) is 6.54 Å². The summed E-state index contributed by atoms with van der Waals surface area (Å²) in [5.41, 5.74) is 0. The van der Waals surface area contributed by atoms with E-state index in [-0.39, 0.29) is 22.9 Å². The van der Waals surface area contributed by atoms with E-state index in [4.69, 9.17) is 0 Å². The smallest absolute Gasteiger partial charge is 0.230 e. The average molecular weight is 198 g/mol. The van der Waals surface area contributed by atoms with Gasteiger partial charge in [-0.05, 0) is 38.1 Å². The van der Waals surface area contributed by atoms with Gasteiger partial charge in [-0.15, -0.1) is 0 Å². The van der Waals surface area contributed by atoms with E-state index < -0.39 is 0 Å². The Hall–Kier alpha value is -0.640. The van der Waals surface area contributed by atoms with Gasteiger partial charge in [0.05, 0.1) is 6.04 Å². The first-order chi connectivity index (χ1) is 6.70. The van der Waals surface area contributed by atoms with Gasteiger partial charge in [-0.25, -0.2) is 0 Å². The first-order valence-corrected chi connectivity index (χ1v) is 5.57. The van der Waals surface area contributed by atoms with Crippen molar-refractivity contribution < 1.29 is 4.92 Å². The summed E-state index contributed by atoms with van der Waals surface area (Å²) in [5, 5.41) is 14.3. The lowest BCUT2D eigenvalue weighted by molar-refractivity contribution is -0.541. The summed E-state index contributed by atoms with van der Waals surface area (Å²) in [6, 6.07) is -0.212. The molecule has 1 saturated heterocycles. The van der Waals surface area contributed by atoms with E-state index in [2.05, 4.69) is 5.32 Å². The number of nitrogens with one attached hydrogen (secondary N) is 1. The van der Waals surface area contributed by atoms with Crippen LogP contribution in [0, 0.1) is 22.0 Å². The third-order valence-corrected chi connectivity index (χ3v) is 3.83. The first kappa shape index (κ1) is 9.90. The maximum atomic E-state index is 11.0. The predicted octanol–water partition coefficient (Wildman–Crippen LogP) is 1.43. The Bertz CT molecular complexity index is 232. The average Bonchev–Trinajstić information content (AvgIpc) is 2.17. The minimum Gasteiger partial charge on any atom is -0.308 e. The maximum absolute atomic E-state index is 11.0. The predicted molar refractivity (Wildman–Crippen MR) is 53.7 cm³/mol. The maximum Gasteiger partial charge on any atom is 0.230 e. The van der Waals surface area contributed by atoms with E-state index in [1.165, 1.54) is 19.3 Å². The molecule has 0 aromatic carbocycles. The Morgan fingerprint density at radius 3 is 2.86 bits per heavy atom. The van der Waals surface area contributed by atoms with Crippen LogP contribution in [0.2, 0.25) is 0 Å². The van der Waals surface area contributed by atoms with Gasteiger partial charge in [0.1, 0.15) is 0 Å². The number of nitro groups is 1. The molecule has 14 heavy (non-hydrogen) atoms. The molecule has 4 unspecified atom stereocenters. The van der Waals surface area contributed by atoms with E-state index in [0.717, 1.165) is 13.0 Å². The first-order valence-electron chi connectivity index (χ1n) is 5.57. The van der Waals surface area contributed by atoms with E-state index in [1.54, 1.807) is 0 Å². The van der Waals surface area contributed by atoms with Crippen LogP contribution in [0.4, 0.5) is 0 Å². The Morgan fingerprint density at radius 2 is 2.14 bits per heavy atom. The van der Waals surface area contributed by atoms with Crippen molar-refractivity contribution in [3.63, 3.8) is 0 Å². The molecule has 1 aliphatic heterocycles. The van der Waals surface area contributed by atoms with Crippen LogP contribution in [0.3, 0.4) is 0 Å². The van der Waals surface area contributed by atoms with Crippen LogP contribution in [-0.2, 0) is 0 Å². The molecule has 0 radical (unpaired) electrons. The fourth-order valence-electron chi connectivity index (χ4n) is 3.04. The van der Waals surface area contributed by atoms with E-state index in [1.807, 2.05) is 6.92 Å². The lowest BCUT2D eigenvalue weighted by atomic mass is 9.72. The molecular formula is C10H18N2O2. The van der Waals surface area contributed by atoms with Gasteiger partial charge in [0.2, 0.25) is 6.04 Å². The second-order valence-corrected chi connectivity index (χ2v) is 4.71. The summed E-state index contributed by atoms with van der Waals surface area (Å²) in [5.74, 6) is 0.784. The topological polar surface area (TPSA) is 55.2 Å².